The van der Waals surface area contributed by atoms with Gasteiger partial charge in [0.25, 0.3) is 0 Å². The largest absolute Gasteiger partial charge is 0.481 e. The summed E-state index contributed by atoms with van der Waals surface area (Å²) in [5.74, 6) is -0.395. The molecule has 5 heteroatoms. The normalized spacial score (nSPS) is 16.5. The maximum absolute atomic E-state index is 10.9. The molecule has 0 fully saturated rings. The van der Waals surface area contributed by atoms with Crippen molar-refractivity contribution in [2.24, 2.45) is 0 Å². The van der Waals surface area contributed by atoms with Crippen molar-refractivity contribution in [3.8, 4) is 11.5 Å². The van der Waals surface area contributed by atoms with Crippen LogP contribution in [0.3, 0.4) is 0 Å². The van der Waals surface area contributed by atoms with Crippen molar-refractivity contribution >= 4 is 17.6 Å². The van der Waals surface area contributed by atoms with E-state index in [1.165, 1.54) is 0 Å². The molecule has 1 aromatic carbocycles. The predicted molar refractivity (Wildman–Crippen MR) is 72.1 cm³/mol. The van der Waals surface area contributed by atoms with Crippen LogP contribution in [0.4, 0.5) is 0 Å². The molecular weight excluding hydrogens is 268 g/mol. The summed E-state index contributed by atoms with van der Waals surface area (Å²) < 4.78 is 11.3. The van der Waals surface area contributed by atoms with Gasteiger partial charge in [0, 0.05) is 30.4 Å². The van der Waals surface area contributed by atoms with Crippen LogP contribution in [-0.4, -0.2) is 16.9 Å². The third-order valence-electron chi connectivity index (χ3n) is 3.07. The van der Waals surface area contributed by atoms with E-state index in [2.05, 4.69) is 0 Å². The van der Waals surface area contributed by atoms with Crippen LogP contribution in [-0.2, 0) is 10.2 Å². The molecule has 0 saturated carbocycles. The third-order valence-corrected chi connectivity index (χ3v) is 3.38. The molecule has 1 heterocycles. The van der Waals surface area contributed by atoms with Crippen molar-refractivity contribution in [2.75, 3.05) is 0 Å². The van der Waals surface area contributed by atoms with Crippen LogP contribution >= 0.6 is 11.6 Å². The van der Waals surface area contributed by atoms with Gasteiger partial charge in [-0.3, -0.25) is 4.79 Å². The van der Waals surface area contributed by atoms with E-state index in [1.54, 1.807) is 12.1 Å². The number of hydrogen-bond acceptors (Lipinski definition) is 3. The number of carboxylic acids is 1. The highest BCUT2D eigenvalue weighted by atomic mass is 35.5. The summed E-state index contributed by atoms with van der Waals surface area (Å²) in [6, 6.07) is 3.46. The van der Waals surface area contributed by atoms with E-state index in [4.69, 9.17) is 26.2 Å². The van der Waals surface area contributed by atoms with Crippen molar-refractivity contribution < 1.29 is 19.4 Å². The molecule has 0 spiro atoms. The fraction of sp³-hybridized carbons (Fsp3) is 0.500. The van der Waals surface area contributed by atoms with E-state index >= 15 is 0 Å². The molecule has 0 amide bonds. The van der Waals surface area contributed by atoms with E-state index in [9.17, 15) is 4.79 Å². The van der Waals surface area contributed by atoms with Crippen LogP contribution in [0, 0.1) is 0 Å². The number of fused-ring (bicyclic) bond motifs is 1. The van der Waals surface area contributed by atoms with Crippen molar-refractivity contribution in [3.05, 3.63) is 22.7 Å². The maximum atomic E-state index is 10.9. The minimum atomic E-state index is -0.862. The molecule has 0 saturated heterocycles. The summed E-state index contributed by atoms with van der Waals surface area (Å²) in [7, 11) is 0. The van der Waals surface area contributed by atoms with Crippen LogP contribution in [0.15, 0.2) is 12.1 Å². The van der Waals surface area contributed by atoms with Gasteiger partial charge < -0.3 is 14.6 Å². The zero-order chi connectivity index (χ0) is 14.4. The summed E-state index contributed by atoms with van der Waals surface area (Å²) in [5.41, 5.74) is 0.172. The molecule has 0 aromatic heterocycles. The number of carbonyl (C=O) groups is 1. The van der Waals surface area contributed by atoms with E-state index < -0.39 is 17.2 Å². The van der Waals surface area contributed by atoms with Gasteiger partial charge in [-0.05, 0) is 11.6 Å². The molecule has 1 aliphatic heterocycles. The van der Waals surface area contributed by atoms with Gasteiger partial charge in [0.2, 0.25) is 5.79 Å². The molecule has 0 bridgehead atoms. The molecule has 19 heavy (non-hydrogen) atoms. The molecule has 1 N–H and O–H groups in total. The first-order valence-corrected chi connectivity index (χ1v) is 6.42. The van der Waals surface area contributed by atoms with Crippen LogP contribution in [0.1, 0.15) is 39.7 Å². The summed E-state index contributed by atoms with van der Waals surface area (Å²) in [4.78, 5) is 10.9. The van der Waals surface area contributed by atoms with Gasteiger partial charge >= 0.3 is 5.97 Å². The number of aliphatic carboxylic acids is 1. The molecule has 0 unspecified atom stereocenters. The number of benzene rings is 1. The average molecular weight is 285 g/mol. The second-order valence-corrected chi connectivity index (χ2v) is 6.24. The monoisotopic (exact) mass is 284 g/mol. The Balaban J connectivity index is 2.42. The molecule has 0 atom stereocenters. The Hall–Kier alpha value is -1.42. The van der Waals surface area contributed by atoms with Crippen molar-refractivity contribution in [2.45, 2.75) is 45.3 Å². The zero-order valence-corrected chi connectivity index (χ0v) is 12.2. The smallest absolute Gasteiger partial charge is 0.304 e. The summed E-state index contributed by atoms with van der Waals surface area (Å²) in [5, 5.41) is 9.47. The Labute approximate surface area is 117 Å². The molecule has 0 aliphatic carbocycles. The van der Waals surface area contributed by atoms with Crippen LogP contribution in [0.25, 0.3) is 0 Å². The lowest BCUT2D eigenvalue weighted by Crippen LogP contribution is -2.29. The van der Waals surface area contributed by atoms with E-state index in [0.717, 1.165) is 5.56 Å². The maximum Gasteiger partial charge on any atom is 0.304 e. The standard InChI is InChI=1S/C14H17ClO4/c1-13(2,7-12(16)17)8-5-10-11(6-9(8)15)19-14(3,4)18-10/h5-6H,7H2,1-4H3,(H,16,17). The van der Waals surface area contributed by atoms with Crippen LogP contribution in [0.2, 0.25) is 5.02 Å². The number of rotatable bonds is 3. The first-order chi connectivity index (χ1) is 8.61. The van der Waals surface area contributed by atoms with Crippen LogP contribution in [0.5, 0.6) is 11.5 Å². The molecule has 1 aromatic rings. The Bertz CT molecular complexity index is 534. The quantitative estimate of drug-likeness (QED) is 0.921. The third kappa shape index (κ3) is 2.78. The van der Waals surface area contributed by atoms with Gasteiger partial charge in [0.15, 0.2) is 11.5 Å². The molecular formula is C14H17ClO4. The van der Waals surface area contributed by atoms with E-state index in [0.29, 0.717) is 16.5 Å². The Morgan fingerprint density at radius 3 is 2.37 bits per heavy atom. The number of ether oxygens (including phenoxy) is 2. The highest BCUT2D eigenvalue weighted by Crippen LogP contribution is 2.45. The Morgan fingerprint density at radius 1 is 1.32 bits per heavy atom. The first-order valence-electron chi connectivity index (χ1n) is 6.05. The van der Waals surface area contributed by atoms with Crippen molar-refractivity contribution in [1.82, 2.24) is 0 Å². The van der Waals surface area contributed by atoms with E-state index in [-0.39, 0.29) is 6.42 Å². The second-order valence-electron chi connectivity index (χ2n) is 5.84. The topological polar surface area (TPSA) is 55.8 Å². The van der Waals surface area contributed by atoms with Crippen LogP contribution < -0.4 is 9.47 Å². The minimum absolute atomic E-state index is 0.00421. The molecule has 2 rings (SSSR count). The molecule has 1 aliphatic rings. The SMILES string of the molecule is CC1(C)Oc2cc(Cl)c(C(C)(C)CC(=O)O)cc2O1. The van der Waals surface area contributed by atoms with E-state index in [1.807, 2.05) is 27.7 Å². The summed E-state index contributed by atoms with van der Waals surface area (Å²) in [6.45, 7) is 7.30. The number of halogens is 1. The number of carboxylic acid groups (broad SMARTS) is 1. The van der Waals surface area contributed by atoms with Crippen molar-refractivity contribution in [1.29, 1.82) is 0 Å². The second kappa shape index (κ2) is 4.30. The molecule has 104 valence electrons. The highest BCUT2D eigenvalue weighted by Gasteiger charge is 2.35. The van der Waals surface area contributed by atoms with Gasteiger partial charge in [0.1, 0.15) is 0 Å². The van der Waals surface area contributed by atoms with Crippen molar-refractivity contribution in [3.63, 3.8) is 0 Å². The van der Waals surface area contributed by atoms with Gasteiger partial charge in [0.05, 0.1) is 6.42 Å². The summed E-state index contributed by atoms with van der Waals surface area (Å²) >= 11 is 6.24. The highest BCUT2D eigenvalue weighted by molar-refractivity contribution is 6.31. The lowest BCUT2D eigenvalue weighted by Gasteiger charge is -2.24. The fourth-order valence-corrected chi connectivity index (χ4v) is 2.65. The van der Waals surface area contributed by atoms with Gasteiger partial charge in [-0.25, -0.2) is 0 Å². The Kier molecular flexibility index (Phi) is 3.17. The van der Waals surface area contributed by atoms with Gasteiger partial charge in [-0.15, -0.1) is 0 Å². The fourth-order valence-electron chi connectivity index (χ4n) is 2.24. The zero-order valence-electron chi connectivity index (χ0n) is 11.4. The molecule has 4 nitrogen and oxygen atoms in total. The Morgan fingerprint density at radius 2 is 1.84 bits per heavy atom. The van der Waals surface area contributed by atoms with Gasteiger partial charge in [-0.2, -0.15) is 0 Å². The lowest BCUT2D eigenvalue weighted by atomic mass is 9.81. The molecule has 0 radical (unpaired) electrons. The number of hydrogen-bond donors (Lipinski definition) is 1. The minimum Gasteiger partial charge on any atom is -0.481 e. The average Bonchev–Trinajstić information content (AvgIpc) is 2.47. The predicted octanol–water partition coefficient (Wildman–Crippen LogP) is 3.60. The summed E-state index contributed by atoms with van der Waals surface area (Å²) in [6.07, 6.45) is -0.00421. The first kappa shape index (κ1) is 14.0. The van der Waals surface area contributed by atoms with Gasteiger partial charge in [-0.1, -0.05) is 25.4 Å². The lowest BCUT2D eigenvalue weighted by molar-refractivity contribution is -0.138.